The van der Waals surface area contributed by atoms with Crippen LogP contribution in [0.15, 0.2) is 4.79 Å². The van der Waals surface area contributed by atoms with Gasteiger partial charge in [-0.25, -0.2) is 4.98 Å². The molecule has 0 aromatic carbocycles. The summed E-state index contributed by atoms with van der Waals surface area (Å²) < 4.78 is 1.36. The minimum absolute atomic E-state index is 0.0576. The van der Waals surface area contributed by atoms with Crippen LogP contribution in [0, 0.1) is 6.92 Å². The van der Waals surface area contributed by atoms with Gasteiger partial charge in [-0.3, -0.25) is 4.79 Å². The van der Waals surface area contributed by atoms with Crippen molar-refractivity contribution in [2.45, 2.75) is 20.3 Å². The monoisotopic (exact) mass is 224 g/mol. The van der Waals surface area contributed by atoms with E-state index in [-0.39, 0.29) is 5.56 Å². The summed E-state index contributed by atoms with van der Waals surface area (Å²) in [6, 6.07) is 0. The average molecular weight is 224 g/mol. The van der Waals surface area contributed by atoms with E-state index in [0.29, 0.717) is 16.5 Å². The topological polar surface area (TPSA) is 59.3 Å². The maximum Gasteiger partial charge on any atom is 0.278 e. The second-order valence-corrected chi connectivity index (χ2v) is 4.14. The highest BCUT2D eigenvalue weighted by Gasteiger charge is 2.11. The summed E-state index contributed by atoms with van der Waals surface area (Å²) in [5.41, 5.74) is 1.48. The molecule has 0 spiro atoms. The Morgan fingerprint density at radius 2 is 2.27 bits per heavy atom. The fourth-order valence-corrected chi connectivity index (χ4v) is 2.28. The molecule has 2 aromatic heterocycles. The SMILES string of the molecule is CCc1c(C)nc2sc(NC)nn2c1=O. The zero-order chi connectivity index (χ0) is 11.0. The predicted molar refractivity (Wildman–Crippen MR) is 60.8 cm³/mol. The Kier molecular flexibility index (Phi) is 2.44. The van der Waals surface area contributed by atoms with Crippen molar-refractivity contribution in [3.8, 4) is 0 Å². The van der Waals surface area contributed by atoms with Gasteiger partial charge < -0.3 is 5.32 Å². The minimum Gasteiger partial charge on any atom is -0.363 e. The Hall–Kier alpha value is -1.43. The first-order chi connectivity index (χ1) is 7.17. The number of aromatic nitrogens is 3. The van der Waals surface area contributed by atoms with Crippen molar-refractivity contribution in [2.24, 2.45) is 0 Å². The van der Waals surface area contributed by atoms with Gasteiger partial charge in [0.1, 0.15) is 0 Å². The molecule has 2 heterocycles. The number of aryl methyl sites for hydroxylation is 1. The third-order valence-electron chi connectivity index (χ3n) is 2.28. The van der Waals surface area contributed by atoms with Gasteiger partial charge in [-0.15, -0.1) is 5.10 Å². The van der Waals surface area contributed by atoms with Crippen LogP contribution in [0.4, 0.5) is 5.13 Å². The third kappa shape index (κ3) is 1.50. The molecule has 0 atom stereocenters. The zero-order valence-electron chi connectivity index (χ0n) is 8.87. The summed E-state index contributed by atoms with van der Waals surface area (Å²) in [5.74, 6) is 0. The highest BCUT2D eigenvalue weighted by atomic mass is 32.1. The molecule has 2 aromatic rings. The molecule has 0 aliphatic heterocycles. The Balaban J connectivity index is 2.82. The fraction of sp³-hybridized carbons (Fsp3) is 0.444. The molecule has 0 unspecified atom stereocenters. The summed E-state index contributed by atoms with van der Waals surface area (Å²) in [4.78, 5) is 16.9. The molecule has 0 saturated carbocycles. The molecule has 0 aliphatic carbocycles. The number of rotatable bonds is 2. The third-order valence-corrected chi connectivity index (χ3v) is 3.20. The smallest absolute Gasteiger partial charge is 0.278 e. The Morgan fingerprint density at radius 3 is 2.87 bits per heavy atom. The Bertz CT molecular complexity index is 557. The van der Waals surface area contributed by atoms with Crippen molar-refractivity contribution >= 4 is 21.4 Å². The molecule has 0 saturated heterocycles. The molecule has 0 fully saturated rings. The first-order valence-electron chi connectivity index (χ1n) is 4.74. The molecule has 1 N–H and O–H groups in total. The van der Waals surface area contributed by atoms with Crippen LogP contribution in [0.5, 0.6) is 0 Å². The van der Waals surface area contributed by atoms with E-state index in [9.17, 15) is 4.79 Å². The number of anilines is 1. The van der Waals surface area contributed by atoms with E-state index in [1.807, 2.05) is 13.8 Å². The van der Waals surface area contributed by atoms with E-state index in [2.05, 4.69) is 15.4 Å². The van der Waals surface area contributed by atoms with Crippen molar-refractivity contribution < 1.29 is 0 Å². The standard InChI is InChI=1S/C9H12N4OS/c1-4-6-5(2)11-9-13(7(6)14)12-8(10-3)15-9/h4H2,1-3H3,(H,10,12). The van der Waals surface area contributed by atoms with Crippen LogP contribution < -0.4 is 10.9 Å². The second kappa shape index (κ2) is 3.62. The average Bonchev–Trinajstić information content (AvgIpc) is 2.61. The van der Waals surface area contributed by atoms with Crippen molar-refractivity contribution in [2.75, 3.05) is 12.4 Å². The van der Waals surface area contributed by atoms with Gasteiger partial charge in [0, 0.05) is 18.3 Å². The van der Waals surface area contributed by atoms with Crippen LogP contribution >= 0.6 is 11.3 Å². The van der Waals surface area contributed by atoms with Crippen LogP contribution in [0.25, 0.3) is 4.96 Å². The van der Waals surface area contributed by atoms with Crippen molar-refractivity contribution in [1.82, 2.24) is 14.6 Å². The van der Waals surface area contributed by atoms with Gasteiger partial charge in [0.15, 0.2) is 0 Å². The number of nitrogens with zero attached hydrogens (tertiary/aromatic N) is 3. The van der Waals surface area contributed by atoms with Crippen LogP contribution in [-0.2, 0) is 6.42 Å². The second-order valence-electron chi connectivity index (χ2n) is 3.19. The number of hydrogen-bond acceptors (Lipinski definition) is 5. The summed E-state index contributed by atoms with van der Waals surface area (Å²) in [7, 11) is 1.77. The van der Waals surface area contributed by atoms with E-state index in [0.717, 1.165) is 11.3 Å². The maximum atomic E-state index is 11.9. The van der Waals surface area contributed by atoms with Crippen LogP contribution in [0.3, 0.4) is 0 Å². The van der Waals surface area contributed by atoms with Gasteiger partial charge in [0.05, 0.1) is 0 Å². The van der Waals surface area contributed by atoms with Gasteiger partial charge in [0.2, 0.25) is 10.1 Å². The first-order valence-corrected chi connectivity index (χ1v) is 5.56. The van der Waals surface area contributed by atoms with Crippen LogP contribution in [0.1, 0.15) is 18.2 Å². The summed E-state index contributed by atoms with van der Waals surface area (Å²) in [6.45, 7) is 3.81. The normalized spacial score (nSPS) is 10.9. The number of fused-ring (bicyclic) bond motifs is 1. The van der Waals surface area contributed by atoms with Crippen LogP contribution in [-0.4, -0.2) is 21.6 Å². The fourth-order valence-electron chi connectivity index (χ4n) is 1.49. The van der Waals surface area contributed by atoms with Crippen LogP contribution in [0.2, 0.25) is 0 Å². The van der Waals surface area contributed by atoms with Gasteiger partial charge in [0.25, 0.3) is 5.56 Å². The summed E-state index contributed by atoms with van der Waals surface area (Å²) in [6.07, 6.45) is 0.688. The van der Waals surface area contributed by atoms with E-state index in [1.54, 1.807) is 7.05 Å². The molecule has 0 bridgehead atoms. The summed E-state index contributed by atoms with van der Waals surface area (Å²) in [5, 5.41) is 7.74. The van der Waals surface area contributed by atoms with E-state index in [1.165, 1.54) is 15.9 Å². The van der Waals surface area contributed by atoms with Crippen molar-refractivity contribution in [3.05, 3.63) is 21.6 Å². The lowest BCUT2D eigenvalue weighted by molar-refractivity contribution is 0.856. The molecular formula is C9H12N4OS. The Morgan fingerprint density at radius 1 is 1.53 bits per heavy atom. The first kappa shape index (κ1) is 10.1. The predicted octanol–water partition coefficient (Wildman–Crippen LogP) is 1.06. The highest BCUT2D eigenvalue weighted by molar-refractivity contribution is 7.20. The van der Waals surface area contributed by atoms with E-state index >= 15 is 0 Å². The molecule has 0 amide bonds. The number of nitrogens with one attached hydrogen (secondary N) is 1. The molecular weight excluding hydrogens is 212 g/mol. The van der Waals surface area contributed by atoms with Crippen molar-refractivity contribution in [3.63, 3.8) is 0 Å². The lowest BCUT2D eigenvalue weighted by Crippen LogP contribution is -2.21. The van der Waals surface area contributed by atoms with Crippen molar-refractivity contribution in [1.29, 1.82) is 0 Å². The van der Waals surface area contributed by atoms with E-state index < -0.39 is 0 Å². The zero-order valence-corrected chi connectivity index (χ0v) is 9.68. The van der Waals surface area contributed by atoms with Gasteiger partial charge in [-0.1, -0.05) is 18.3 Å². The molecule has 0 aliphatic rings. The van der Waals surface area contributed by atoms with E-state index in [4.69, 9.17) is 0 Å². The molecule has 5 nitrogen and oxygen atoms in total. The lowest BCUT2D eigenvalue weighted by Gasteiger charge is -1.99. The quantitative estimate of drug-likeness (QED) is 0.828. The minimum atomic E-state index is -0.0576. The molecule has 6 heteroatoms. The lowest BCUT2D eigenvalue weighted by atomic mass is 10.2. The number of hydrogen-bond donors (Lipinski definition) is 1. The van der Waals surface area contributed by atoms with Gasteiger partial charge >= 0.3 is 0 Å². The maximum absolute atomic E-state index is 11.9. The van der Waals surface area contributed by atoms with Gasteiger partial charge in [-0.2, -0.15) is 4.52 Å². The Labute approximate surface area is 90.8 Å². The molecule has 0 radical (unpaired) electrons. The molecule has 80 valence electrons. The molecule has 2 rings (SSSR count). The summed E-state index contributed by atoms with van der Waals surface area (Å²) >= 11 is 1.37. The molecule has 15 heavy (non-hydrogen) atoms. The van der Waals surface area contributed by atoms with Gasteiger partial charge in [-0.05, 0) is 13.3 Å². The largest absolute Gasteiger partial charge is 0.363 e. The highest BCUT2D eigenvalue weighted by Crippen LogP contribution is 2.16.